The molecule has 0 aromatic carbocycles. The number of nitrogens with zero attached hydrogens (tertiary/aromatic N) is 3. The van der Waals surface area contributed by atoms with E-state index in [1.54, 1.807) is 34.6 Å². The van der Waals surface area contributed by atoms with E-state index in [1.807, 2.05) is 9.80 Å². The Hall–Kier alpha value is -0.320. The first-order chi connectivity index (χ1) is 12.5. The van der Waals surface area contributed by atoms with Crippen molar-refractivity contribution in [3.05, 3.63) is 0 Å². The van der Waals surface area contributed by atoms with Gasteiger partial charge < -0.3 is 25.5 Å². The summed E-state index contributed by atoms with van der Waals surface area (Å²) in [5, 5.41) is 48.4. The molecule has 5 N–H and O–H groups in total. The molecule has 0 aliphatic heterocycles. The van der Waals surface area contributed by atoms with Crippen LogP contribution in [0.5, 0.6) is 0 Å². The van der Waals surface area contributed by atoms with Crippen molar-refractivity contribution in [2.75, 3.05) is 58.9 Å². The fourth-order valence-corrected chi connectivity index (χ4v) is 3.24. The first-order valence-corrected chi connectivity index (χ1v) is 10.1. The van der Waals surface area contributed by atoms with Gasteiger partial charge in [-0.15, -0.1) is 0 Å². The van der Waals surface area contributed by atoms with Crippen molar-refractivity contribution >= 4 is 0 Å². The minimum Gasteiger partial charge on any atom is -0.392 e. The van der Waals surface area contributed by atoms with Crippen molar-refractivity contribution in [2.45, 2.75) is 65.1 Å². The lowest BCUT2D eigenvalue weighted by molar-refractivity contribution is 0.0555. The van der Waals surface area contributed by atoms with Gasteiger partial charge >= 0.3 is 0 Å². The fourth-order valence-electron chi connectivity index (χ4n) is 3.24. The summed E-state index contributed by atoms with van der Waals surface area (Å²) in [6.07, 6.45) is -2.35. The van der Waals surface area contributed by atoms with Crippen LogP contribution in [0.4, 0.5) is 0 Å². The van der Waals surface area contributed by atoms with Gasteiger partial charge in [0.1, 0.15) is 0 Å². The summed E-state index contributed by atoms with van der Waals surface area (Å²) in [7, 11) is 0. The molecule has 8 heteroatoms. The second-order valence-corrected chi connectivity index (χ2v) is 8.06. The van der Waals surface area contributed by atoms with Gasteiger partial charge in [0.15, 0.2) is 0 Å². The summed E-state index contributed by atoms with van der Waals surface area (Å²) >= 11 is 0. The molecule has 0 aromatic heterocycles. The van der Waals surface area contributed by atoms with E-state index < -0.39 is 30.5 Å². The highest BCUT2D eigenvalue weighted by Gasteiger charge is 2.17. The fraction of sp³-hybridized carbons (Fsp3) is 1.00. The maximum atomic E-state index is 9.81. The Labute approximate surface area is 165 Å². The molecular formula is C19H43N3O5. The maximum Gasteiger partial charge on any atom is 0.0639 e. The smallest absolute Gasteiger partial charge is 0.0639 e. The van der Waals surface area contributed by atoms with Crippen LogP contribution in [0.2, 0.25) is 0 Å². The van der Waals surface area contributed by atoms with E-state index in [0.29, 0.717) is 58.9 Å². The highest BCUT2D eigenvalue weighted by molar-refractivity contribution is 4.72. The van der Waals surface area contributed by atoms with E-state index in [0.717, 1.165) is 0 Å². The molecule has 0 radical (unpaired) electrons. The Morgan fingerprint density at radius 2 is 0.593 bits per heavy atom. The summed E-state index contributed by atoms with van der Waals surface area (Å²) in [4.78, 5) is 6.18. The average molecular weight is 394 g/mol. The van der Waals surface area contributed by atoms with E-state index >= 15 is 0 Å². The van der Waals surface area contributed by atoms with Crippen molar-refractivity contribution in [2.24, 2.45) is 0 Å². The SMILES string of the molecule is C[C@H](O)CN(CCN(C[C@@H](C)O)C[C@@H](C)O)CCN(C[C@@H](C)O)C[C@@H](C)O. The van der Waals surface area contributed by atoms with Gasteiger partial charge in [0.2, 0.25) is 0 Å². The molecule has 27 heavy (non-hydrogen) atoms. The Morgan fingerprint density at radius 1 is 0.407 bits per heavy atom. The molecule has 0 aliphatic rings. The van der Waals surface area contributed by atoms with E-state index in [-0.39, 0.29) is 0 Å². The molecule has 0 amide bonds. The summed E-state index contributed by atoms with van der Waals surface area (Å²) in [6.45, 7) is 13.9. The summed E-state index contributed by atoms with van der Waals surface area (Å²) < 4.78 is 0. The number of aliphatic hydroxyl groups excluding tert-OH is 5. The van der Waals surface area contributed by atoms with Gasteiger partial charge in [-0.1, -0.05) is 0 Å². The van der Waals surface area contributed by atoms with Crippen LogP contribution < -0.4 is 0 Å². The monoisotopic (exact) mass is 393 g/mol. The molecule has 8 nitrogen and oxygen atoms in total. The lowest BCUT2D eigenvalue weighted by Gasteiger charge is -2.32. The zero-order chi connectivity index (χ0) is 21.0. The Morgan fingerprint density at radius 3 is 0.815 bits per heavy atom. The van der Waals surface area contributed by atoms with Crippen molar-refractivity contribution in [1.29, 1.82) is 0 Å². The predicted octanol–water partition coefficient (Wildman–Crippen LogP) is -1.20. The minimum atomic E-state index is -0.471. The Balaban J connectivity index is 4.73. The molecule has 0 bridgehead atoms. The first-order valence-electron chi connectivity index (χ1n) is 10.1. The van der Waals surface area contributed by atoms with Crippen LogP contribution in [-0.4, -0.2) is 130 Å². The first kappa shape index (κ1) is 26.7. The highest BCUT2D eigenvalue weighted by atomic mass is 16.3. The van der Waals surface area contributed by atoms with E-state index in [2.05, 4.69) is 4.90 Å². The van der Waals surface area contributed by atoms with Crippen LogP contribution in [0.15, 0.2) is 0 Å². The summed E-state index contributed by atoms with van der Waals surface area (Å²) in [5.74, 6) is 0. The maximum absolute atomic E-state index is 9.81. The van der Waals surface area contributed by atoms with Gasteiger partial charge in [-0.2, -0.15) is 0 Å². The minimum absolute atomic E-state index is 0.464. The van der Waals surface area contributed by atoms with Crippen LogP contribution in [0, 0.1) is 0 Å². The van der Waals surface area contributed by atoms with Crippen LogP contribution in [0.1, 0.15) is 34.6 Å². The standard InChI is InChI=1S/C19H43N3O5/c1-15(23)10-20(6-8-21(11-16(2)24)12-17(3)25)7-9-22(13-18(4)26)14-19(5)27/h15-19,23-27H,6-14H2,1-5H3/t15-,16+,17+,18+,19+/m0/s1. The van der Waals surface area contributed by atoms with E-state index in [9.17, 15) is 25.5 Å². The topological polar surface area (TPSA) is 111 Å². The highest BCUT2D eigenvalue weighted by Crippen LogP contribution is 2.02. The van der Waals surface area contributed by atoms with Crippen LogP contribution in [-0.2, 0) is 0 Å². The number of hydrogen-bond acceptors (Lipinski definition) is 8. The lowest BCUT2D eigenvalue weighted by Crippen LogP contribution is -2.46. The van der Waals surface area contributed by atoms with Gasteiger partial charge in [0, 0.05) is 58.9 Å². The third-order valence-corrected chi connectivity index (χ3v) is 4.08. The zero-order valence-electron chi connectivity index (χ0n) is 17.8. The van der Waals surface area contributed by atoms with Crippen LogP contribution in [0.25, 0.3) is 0 Å². The Bertz CT molecular complexity index is 306. The number of rotatable bonds is 16. The average Bonchev–Trinajstić information content (AvgIpc) is 2.46. The zero-order valence-corrected chi connectivity index (χ0v) is 17.8. The number of aliphatic hydroxyl groups is 5. The molecule has 0 rings (SSSR count). The van der Waals surface area contributed by atoms with E-state index in [4.69, 9.17) is 0 Å². The molecule has 0 aliphatic carbocycles. The molecule has 0 unspecified atom stereocenters. The van der Waals surface area contributed by atoms with Gasteiger partial charge in [-0.25, -0.2) is 0 Å². The molecule has 164 valence electrons. The summed E-state index contributed by atoms with van der Waals surface area (Å²) in [6, 6.07) is 0. The van der Waals surface area contributed by atoms with Gasteiger partial charge in [0.05, 0.1) is 30.5 Å². The normalized spacial score (nSPS) is 18.1. The second-order valence-electron chi connectivity index (χ2n) is 8.06. The van der Waals surface area contributed by atoms with Gasteiger partial charge in [-0.3, -0.25) is 14.7 Å². The van der Waals surface area contributed by atoms with Crippen molar-refractivity contribution in [3.8, 4) is 0 Å². The molecule has 0 saturated carbocycles. The largest absolute Gasteiger partial charge is 0.392 e. The van der Waals surface area contributed by atoms with E-state index in [1.165, 1.54) is 0 Å². The second kappa shape index (κ2) is 14.6. The molecule has 5 atom stereocenters. The number of hydrogen-bond donors (Lipinski definition) is 5. The van der Waals surface area contributed by atoms with Crippen molar-refractivity contribution < 1.29 is 25.5 Å². The van der Waals surface area contributed by atoms with Crippen molar-refractivity contribution in [1.82, 2.24) is 14.7 Å². The predicted molar refractivity (Wildman–Crippen MR) is 108 cm³/mol. The molecular weight excluding hydrogens is 350 g/mol. The molecule has 0 fully saturated rings. The van der Waals surface area contributed by atoms with Gasteiger partial charge in [-0.05, 0) is 34.6 Å². The third-order valence-electron chi connectivity index (χ3n) is 4.08. The molecule has 0 heterocycles. The quantitative estimate of drug-likeness (QED) is 0.222. The molecule has 0 saturated heterocycles. The Kier molecular flexibility index (Phi) is 14.5. The lowest BCUT2D eigenvalue weighted by atomic mass is 10.2. The van der Waals surface area contributed by atoms with Crippen LogP contribution >= 0.6 is 0 Å². The molecule has 0 spiro atoms. The summed E-state index contributed by atoms with van der Waals surface area (Å²) in [5.41, 5.74) is 0. The van der Waals surface area contributed by atoms with Crippen LogP contribution in [0.3, 0.4) is 0 Å². The third kappa shape index (κ3) is 16.3. The van der Waals surface area contributed by atoms with Crippen molar-refractivity contribution in [3.63, 3.8) is 0 Å². The van der Waals surface area contributed by atoms with Gasteiger partial charge in [0.25, 0.3) is 0 Å². The molecule has 0 aromatic rings.